The molecule has 0 unspecified atom stereocenters. The molecule has 1 aromatic carbocycles. The minimum absolute atomic E-state index is 0.267. The van der Waals surface area contributed by atoms with Gasteiger partial charge in [0.2, 0.25) is 5.78 Å². The van der Waals surface area contributed by atoms with Gasteiger partial charge < -0.3 is 4.57 Å². The van der Waals surface area contributed by atoms with E-state index in [0.29, 0.717) is 35.6 Å². The van der Waals surface area contributed by atoms with Gasteiger partial charge in [-0.1, -0.05) is 51.1 Å². The minimum atomic E-state index is -0.508. The molecular weight excluding hydrogens is 338 g/mol. The fourth-order valence-electron chi connectivity index (χ4n) is 3.55. The van der Waals surface area contributed by atoms with Crippen molar-refractivity contribution in [1.29, 1.82) is 0 Å². The summed E-state index contributed by atoms with van der Waals surface area (Å²) in [5.74, 6) is -0.209. The van der Waals surface area contributed by atoms with Gasteiger partial charge in [0.1, 0.15) is 11.5 Å². The van der Waals surface area contributed by atoms with E-state index in [9.17, 15) is 9.59 Å². The van der Waals surface area contributed by atoms with E-state index in [1.54, 1.807) is 18.3 Å². The van der Waals surface area contributed by atoms with Crippen molar-refractivity contribution < 1.29 is 9.59 Å². The summed E-state index contributed by atoms with van der Waals surface area (Å²) in [6.07, 6.45) is 2.03. The van der Waals surface area contributed by atoms with Crippen molar-refractivity contribution in [3.8, 4) is 0 Å². The number of aromatic nitrogens is 3. The number of hydrogen-bond acceptors (Lipinski definition) is 4. The molecular formula is C22H21N3O2. The first-order valence-electron chi connectivity index (χ1n) is 9.03. The average Bonchev–Trinajstić information content (AvgIpc) is 2.95. The molecule has 5 heteroatoms. The van der Waals surface area contributed by atoms with Crippen LogP contribution in [0.3, 0.4) is 0 Å². The van der Waals surface area contributed by atoms with Gasteiger partial charge in [-0.05, 0) is 17.7 Å². The number of pyridine rings is 1. The zero-order chi connectivity index (χ0) is 19.2. The number of Topliss-reactive ketones (excluding diaryl/α,β-unsaturated/α-hetero) is 2. The highest BCUT2D eigenvalue weighted by Crippen LogP contribution is 2.30. The zero-order valence-electron chi connectivity index (χ0n) is 15.7. The Morgan fingerprint density at radius 2 is 1.70 bits per heavy atom. The van der Waals surface area contributed by atoms with Gasteiger partial charge >= 0.3 is 0 Å². The number of carbonyl (C=O) groups excluding carboxylic acids is 2. The summed E-state index contributed by atoms with van der Waals surface area (Å²) in [4.78, 5) is 35.1. The summed E-state index contributed by atoms with van der Waals surface area (Å²) >= 11 is 0. The first-order valence-corrected chi connectivity index (χ1v) is 9.03. The summed E-state index contributed by atoms with van der Waals surface area (Å²) in [7, 11) is 0. The Labute approximate surface area is 158 Å². The first-order chi connectivity index (χ1) is 12.9. The van der Waals surface area contributed by atoms with Crippen LogP contribution in [0.15, 0.2) is 48.7 Å². The van der Waals surface area contributed by atoms with Gasteiger partial charge in [0.25, 0.3) is 5.78 Å². The molecule has 0 atom stereocenters. The molecule has 4 rings (SSSR count). The molecule has 0 N–H and O–H groups in total. The number of ketones is 2. The van der Waals surface area contributed by atoms with Crippen LogP contribution in [0, 0.1) is 0 Å². The second-order valence-corrected chi connectivity index (χ2v) is 7.89. The summed E-state index contributed by atoms with van der Waals surface area (Å²) in [5.41, 5.74) is 2.81. The topological polar surface area (TPSA) is 64.8 Å². The maximum atomic E-state index is 13.1. The van der Waals surface area contributed by atoms with Gasteiger partial charge in [-0.15, -0.1) is 0 Å². The lowest BCUT2D eigenvalue weighted by atomic mass is 9.95. The third-order valence-electron chi connectivity index (χ3n) is 4.79. The molecule has 0 saturated heterocycles. The van der Waals surface area contributed by atoms with E-state index < -0.39 is 11.6 Å². The third-order valence-corrected chi connectivity index (χ3v) is 4.79. The van der Waals surface area contributed by atoms with E-state index in [-0.39, 0.29) is 5.41 Å². The van der Waals surface area contributed by atoms with Gasteiger partial charge in [0.15, 0.2) is 0 Å². The Balaban J connectivity index is 1.93. The highest BCUT2D eigenvalue weighted by Gasteiger charge is 2.35. The Morgan fingerprint density at radius 1 is 0.963 bits per heavy atom. The van der Waals surface area contributed by atoms with Crippen LogP contribution in [0.2, 0.25) is 0 Å². The van der Waals surface area contributed by atoms with Gasteiger partial charge in [-0.3, -0.25) is 14.6 Å². The number of nitrogens with zero attached hydrogens (tertiary/aromatic N) is 3. The summed E-state index contributed by atoms with van der Waals surface area (Å²) < 4.78 is 1.91. The van der Waals surface area contributed by atoms with Gasteiger partial charge in [0.05, 0.1) is 11.4 Å². The van der Waals surface area contributed by atoms with E-state index in [2.05, 4.69) is 25.8 Å². The molecule has 0 spiro atoms. The smallest absolute Gasteiger partial charge is 0.251 e. The quantitative estimate of drug-likeness (QED) is 0.656. The Kier molecular flexibility index (Phi) is 4.02. The summed E-state index contributed by atoms with van der Waals surface area (Å²) in [6.45, 7) is 6.69. The van der Waals surface area contributed by atoms with E-state index in [1.165, 1.54) is 0 Å². The average molecular weight is 359 g/mol. The molecule has 2 aromatic heterocycles. The van der Waals surface area contributed by atoms with Crippen LogP contribution in [-0.2, 0) is 18.4 Å². The van der Waals surface area contributed by atoms with Crippen LogP contribution in [0.5, 0.6) is 0 Å². The van der Waals surface area contributed by atoms with Gasteiger partial charge in [0, 0.05) is 30.1 Å². The predicted octanol–water partition coefficient (Wildman–Crippen LogP) is 3.59. The molecule has 0 bridgehead atoms. The van der Waals surface area contributed by atoms with Crippen molar-refractivity contribution in [2.75, 3.05) is 0 Å². The number of rotatable bonds is 2. The molecule has 3 aromatic rings. The lowest BCUT2D eigenvalue weighted by Crippen LogP contribution is -2.24. The monoisotopic (exact) mass is 359 g/mol. The molecule has 1 aliphatic carbocycles. The summed E-state index contributed by atoms with van der Waals surface area (Å²) in [6, 6.07) is 13.3. The Hall–Kier alpha value is -3.08. The maximum Gasteiger partial charge on any atom is 0.251 e. The lowest BCUT2D eigenvalue weighted by molar-refractivity contribution is 0.0811. The molecule has 5 nitrogen and oxygen atoms in total. The zero-order valence-corrected chi connectivity index (χ0v) is 15.7. The van der Waals surface area contributed by atoms with Crippen molar-refractivity contribution in [1.82, 2.24) is 14.5 Å². The second kappa shape index (κ2) is 6.27. The van der Waals surface area contributed by atoms with E-state index in [1.807, 2.05) is 34.9 Å². The van der Waals surface area contributed by atoms with E-state index >= 15 is 0 Å². The Morgan fingerprint density at radius 3 is 2.41 bits per heavy atom. The molecule has 0 saturated carbocycles. The van der Waals surface area contributed by atoms with Crippen molar-refractivity contribution in [3.63, 3.8) is 0 Å². The fourth-order valence-corrected chi connectivity index (χ4v) is 3.55. The molecule has 0 radical (unpaired) electrons. The van der Waals surface area contributed by atoms with Crippen LogP contribution in [0.4, 0.5) is 0 Å². The molecule has 1 aliphatic rings. The normalized spacial score (nSPS) is 13.9. The van der Waals surface area contributed by atoms with Gasteiger partial charge in [-0.25, -0.2) is 4.98 Å². The Bertz CT molecular complexity index is 1040. The van der Waals surface area contributed by atoms with Crippen LogP contribution < -0.4 is 0 Å². The number of fused-ring (bicyclic) bond motifs is 2. The molecule has 2 heterocycles. The number of imidazole rings is 1. The minimum Gasteiger partial charge on any atom is -0.320 e. The third kappa shape index (κ3) is 2.99. The molecule has 27 heavy (non-hydrogen) atoms. The highest BCUT2D eigenvalue weighted by atomic mass is 16.2. The SMILES string of the molecule is CC(C)(C)c1nc2c(n1Cc1ccccc1)C(=O)C(=O)c1cccnc1C2. The number of carbonyl (C=O) groups is 2. The molecule has 0 fully saturated rings. The second-order valence-electron chi connectivity index (χ2n) is 7.89. The van der Waals surface area contributed by atoms with Gasteiger partial charge in [-0.2, -0.15) is 0 Å². The maximum absolute atomic E-state index is 13.1. The van der Waals surface area contributed by atoms with E-state index in [4.69, 9.17) is 4.98 Å². The molecule has 0 aliphatic heterocycles. The fraction of sp³-hybridized carbons (Fsp3) is 0.273. The first kappa shape index (κ1) is 17.3. The van der Waals surface area contributed by atoms with Crippen LogP contribution in [-0.4, -0.2) is 26.1 Å². The summed E-state index contributed by atoms with van der Waals surface area (Å²) in [5, 5.41) is 0. The van der Waals surface area contributed by atoms with E-state index in [0.717, 1.165) is 11.4 Å². The van der Waals surface area contributed by atoms with Crippen molar-refractivity contribution in [2.45, 2.75) is 39.2 Å². The van der Waals surface area contributed by atoms with Crippen LogP contribution >= 0.6 is 0 Å². The number of hydrogen-bond donors (Lipinski definition) is 0. The molecule has 136 valence electrons. The number of benzene rings is 1. The standard InChI is InChI=1S/C22H21N3O2/c1-22(2,3)21-24-17-12-16-15(10-7-11-23-16)19(26)20(27)18(17)25(21)13-14-8-5-4-6-9-14/h4-11H,12-13H2,1-3H3. The highest BCUT2D eigenvalue weighted by molar-refractivity contribution is 6.49. The predicted molar refractivity (Wildman–Crippen MR) is 102 cm³/mol. The van der Waals surface area contributed by atoms with Crippen molar-refractivity contribution in [3.05, 3.63) is 82.7 Å². The van der Waals surface area contributed by atoms with Crippen molar-refractivity contribution >= 4 is 11.6 Å². The van der Waals surface area contributed by atoms with Crippen LogP contribution in [0.25, 0.3) is 0 Å². The van der Waals surface area contributed by atoms with Crippen LogP contribution in [0.1, 0.15) is 64.4 Å². The molecule has 0 amide bonds. The largest absolute Gasteiger partial charge is 0.320 e. The lowest BCUT2D eigenvalue weighted by Gasteiger charge is -2.21. The van der Waals surface area contributed by atoms with Crippen molar-refractivity contribution in [2.24, 2.45) is 0 Å².